The monoisotopic (exact) mass is 907 g/mol. The van der Waals surface area contributed by atoms with Gasteiger partial charge in [-0.05, 0) is 96.7 Å². The summed E-state index contributed by atoms with van der Waals surface area (Å²) < 4.78 is 5.17. The number of aliphatic hydroxyl groups is 1. The fourth-order valence-corrected chi connectivity index (χ4v) is 9.53. The van der Waals surface area contributed by atoms with Gasteiger partial charge in [0.1, 0.15) is 6.10 Å². The van der Waals surface area contributed by atoms with Gasteiger partial charge in [0, 0.05) is 26.1 Å². The van der Waals surface area contributed by atoms with Crippen LogP contribution in [0.1, 0.15) is 310 Å². The second-order valence-corrected chi connectivity index (χ2v) is 20.1. The maximum Gasteiger partial charge on any atom is 0.506 e. The van der Waals surface area contributed by atoms with Gasteiger partial charge in [0.15, 0.2) is 0 Å². The van der Waals surface area contributed by atoms with Gasteiger partial charge < -0.3 is 24.7 Å². The fraction of sp³-hybridized carbons (Fsp3) is 0.965. The minimum Gasteiger partial charge on any atom is -0.450 e. The van der Waals surface area contributed by atoms with Crippen LogP contribution in [0, 0.1) is 0 Å². The second-order valence-electron chi connectivity index (χ2n) is 20.1. The molecule has 382 valence electrons. The van der Waals surface area contributed by atoms with Gasteiger partial charge in [0.25, 0.3) is 0 Å². The van der Waals surface area contributed by atoms with Gasteiger partial charge in [-0.25, -0.2) is 4.79 Å². The van der Waals surface area contributed by atoms with Crippen molar-refractivity contribution in [3.8, 4) is 0 Å². The number of amides is 1. The van der Waals surface area contributed by atoms with E-state index in [1.165, 1.54) is 257 Å². The highest BCUT2D eigenvalue weighted by atomic mass is 16.7. The molecule has 0 aromatic carbocycles. The molecule has 0 fully saturated rings. The van der Waals surface area contributed by atoms with Gasteiger partial charge in [-0.3, -0.25) is 4.79 Å². The normalized spacial score (nSPS) is 12.1. The summed E-state index contributed by atoms with van der Waals surface area (Å²) in [6.07, 6.45) is 54.7. The number of ether oxygens (including phenoxy) is 1. The molecular weight excluding hydrogens is 793 g/mol. The van der Waals surface area contributed by atoms with Crippen LogP contribution in [0.2, 0.25) is 0 Å². The zero-order valence-electron chi connectivity index (χ0n) is 43.7. The SMILES string of the molecule is CCCCCCCCCCN(CCCCCCCCCC)C(=O)CCCCCCCN(CCCCCO)CCCCCCCCCCCCCCCC(CCCCCCC)OC(=O)O. The van der Waals surface area contributed by atoms with Crippen LogP contribution in [-0.4, -0.2) is 77.5 Å². The van der Waals surface area contributed by atoms with Crippen molar-refractivity contribution in [2.75, 3.05) is 39.3 Å². The smallest absolute Gasteiger partial charge is 0.450 e. The summed E-state index contributed by atoms with van der Waals surface area (Å²) in [4.78, 5) is 29.4. The summed E-state index contributed by atoms with van der Waals surface area (Å²) in [7, 11) is 0. The molecular formula is C57H114N2O5. The molecule has 0 heterocycles. The number of carbonyl (C=O) groups excluding carboxylic acids is 1. The van der Waals surface area contributed by atoms with Crippen LogP contribution < -0.4 is 0 Å². The van der Waals surface area contributed by atoms with Gasteiger partial charge in [0.2, 0.25) is 5.91 Å². The van der Waals surface area contributed by atoms with Crippen LogP contribution >= 0.6 is 0 Å². The van der Waals surface area contributed by atoms with Gasteiger partial charge in [-0.1, -0.05) is 226 Å². The van der Waals surface area contributed by atoms with Crippen LogP contribution in [0.4, 0.5) is 4.79 Å². The molecule has 1 atom stereocenters. The van der Waals surface area contributed by atoms with Crippen molar-refractivity contribution in [3.05, 3.63) is 0 Å². The average Bonchev–Trinajstić information content (AvgIpc) is 3.28. The summed E-state index contributed by atoms with van der Waals surface area (Å²) >= 11 is 0. The summed E-state index contributed by atoms with van der Waals surface area (Å²) in [6.45, 7) is 12.6. The van der Waals surface area contributed by atoms with Crippen LogP contribution in [0.15, 0.2) is 0 Å². The number of hydrogen-bond acceptors (Lipinski definition) is 5. The number of aliphatic hydroxyl groups excluding tert-OH is 1. The molecule has 1 amide bonds. The van der Waals surface area contributed by atoms with E-state index in [4.69, 9.17) is 9.84 Å². The van der Waals surface area contributed by atoms with Crippen LogP contribution in [0.25, 0.3) is 0 Å². The molecule has 0 saturated heterocycles. The number of rotatable bonds is 54. The molecule has 0 radical (unpaired) electrons. The topological polar surface area (TPSA) is 90.3 Å². The maximum absolute atomic E-state index is 13.4. The Hall–Kier alpha value is -1.34. The number of nitrogens with zero attached hydrogens (tertiary/aromatic N) is 2. The van der Waals surface area contributed by atoms with E-state index in [-0.39, 0.29) is 6.10 Å². The first-order chi connectivity index (χ1) is 31.5. The Bertz CT molecular complexity index is 914. The first kappa shape index (κ1) is 62.7. The zero-order chi connectivity index (χ0) is 46.7. The highest BCUT2D eigenvalue weighted by molar-refractivity contribution is 5.76. The Labute approximate surface area is 400 Å². The number of carboxylic acid groups (broad SMARTS) is 1. The van der Waals surface area contributed by atoms with Crippen molar-refractivity contribution < 1.29 is 24.5 Å². The molecule has 64 heavy (non-hydrogen) atoms. The molecule has 0 saturated carbocycles. The predicted molar refractivity (Wildman–Crippen MR) is 278 cm³/mol. The van der Waals surface area contributed by atoms with Gasteiger partial charge in [0.05, 0.1) is 0 Å². The molecule has 0 aliphatic carbocycles. The Morgan fingerprint density at radius 1 is 0.375 bits per heavy atom. The third-order valence-corrected chi connectivity index (χ3v) is 13.8. The summed E-state index contributed by atoms with van der Waals surface area (Å²) in [5.74, 6) is 0.416. The number of hydrogen-bond donors (Lipinski definition) is 2. The third kappa shape index (κ3) is 47.2. The van der Waals surface area contributed by atoms with Crippen molar-refractivity contribution in [1.29, 1.82) is 0 Å². The minimum atomic E-state index is -1.12. The third-order valence-electron chi connectivity index (χ3n) is 13.8. The maximum atomic E-state index is 13.4. The van der Waals surface area contributed by atoms with Crippen molar-refractivity contribution in [2.45, 2.75) is 316 Å². The van der Waals surface area contributed by atoms with E-state index in [0.717, 1.165) is 64.5 Å². The van der Waals surface area contributed by atoms with Gasteiger partial charge in [-0.2, -0.15) is 0 Å². The van der Waals surface area contributed by atoms with Crippen molar-refractivity contribution in [1.82, 2.24) is 9.80 Å². The van der Waals surface area contributed by atoms with Crippen LogP contribution in [-0.2, 0) is 9.53 Å². The lowest BCUT2D eigenvalue weighted by molar-refractivity contribution is -0.131. The average molecular weight is 908 g/mol. The highest BCUT2D eigenvalue weighted by Crippen LogP contribution is 2.19. The highest BCUT2D eigenvalue weighted by Gasteiger charge is 2.14. The lowest BCUT2D eigenvalue weighted by Gasteiger charge is -2.23. The van der Waals surface area contributed by atoms with Crippen molar-refractivity contribution >= 4 is 12.1 Å². The van der Waals surface area contributed by atoms with E-state index >= 15 is 0 Å². The number of unbranched alkanes of at least 4 members (excludes halogenated alkanes) is 36. The Kier molecular flexibility index (Phi) is 51.5. The molecule has 0 rings (SSSR count). The van der Waals surface area contributed by atoms with E-state index in [1.807, 2.05) is 0 Å². The summed E-state index contributed by atoms with van der Waals surface area (Å²) in [5.41, 5.74) is 0. The zero-order valence-corrected chi connectivity index (χ0v) is 43.7. The number of carbonyl (C=O) groups is 2. The first-order valence-corrected chi connectivity index (χ1v) is 29.0. The summed E-state index contributed by atoms with van der Waals surface area (Å²) in [5, 5.41) is 18.4. The molecule has 0 aromatic rings. The lowest BCUT2D eigenvalue weighted by atomic mass is 10.0. The first-order valence-electron chi connectivity index (χ1n) is 29.0. The van der Waals surface area contributed by atoms with E-state index in [9.17, 15) is 14.7 Å². The van der Waals surface area contributed by atoms with Crippen molar-refractivity contribution in [2.24, 2.45) is 0 Å². The molecule has 7 heteroatoms. The molecule has 0 spiro atoms. The molecule has 0 bridgehead atoms. The molecule has 0 aliphatic heterocycles. The fourth-order valence-electron chi connectivity index (χ4n) is 9.53. The molecule has 0 aliphatic rings. The van der Waals surface area contributed by atoms with Gasteiger partial charge >= 0.3 is 6.16 Å². The largest absolute Gasteiger partial charge is 0.506 e. The van der Waals surface area contributed by atoms with E-state index in [1.54, 1.807) is 0 Å². The van der Waals surface area contributed by atoms with Crippen LogP contribution in [0.3, 0.4) is 0 Å². The van der Waals surface area contributed by atoms with Crippen LogP contribution in [0.5, 0.6) is 0 Å². The van der Waals surface area contributed by atoms with E-state index < -0.39 is 6.16 Å². The molecule has 2 N–H and O–H groups in total. The minimum absolute atomic E-state index is 0.114. The molecule has 0 aromatic heterocycles. The molecule has 7 nitrogen and oxygen atoms in total. The standard InChI is InChI=1S/C57H114N2O5/c1-4-7-10-13-15-26-34-43-52-59(53-44-35-27-16-14-11-8-5-2)56(61)48-39-31-28-33-41-50-58(51-42-36-45-54-60)49-40-32-25-23-21-19-17-18-20-22-24-30-38-47-55(64-57(62)63)46-37-29-12-9-6-3/h55,60H,4-54H2,1-3H3,(H,62,63). The Morgan fingerprint density at radius 2 is 0.656 bits per heavy atom. The summed E-state index contributed by atoms with van der Waals surface area (Å²) in [6, 6.07) is 0. The second kappa shape index (κ2) is 52.6. The Morgan fingerprint density at radius 3 is 0.984 bits per heavy atom. The lowest BCUT2D eigenvalue weighted by Crippen LogP contribution is -2.32. The quantitative estimate of drug-likeness (QED) is 0.0467. The van der Waals surface area contributed by atoms with E-state index in [0.29, 0.717) is 12.5 Å². The Balaban J connectivity index is 4.20. The predicted octanol–water partition coefficient (Wildman–Crippen LogP) is 17.8. The van der Waals surface area contributed by atoms with Gasteiger partial charge in [-0.15, -0.1) is 0 Å². The molecule has 1 unspecified atom stereocenters. The van der Waals surface area contributed by atoms with E-state index in [2.05, 4.69) is 30.6 Å². The van der Waals surface area contributed by atoms with Crippen molar-refractivity contribution in [3.63, 3.8) is 0 Å².